The number of hydrogen-bond donors (Lipinski definition) is 1. The third-order valence-electron chi connectivity index (χ3n) is 3.63. The maximum atomic E-state index is 13.3. The van der Waals surface area contributed by atoms with E-state index in [9.17, 15) is 19.1 Å². The molecule has 5 heteroatoms. The fourth-order valence-electron chi connectivity index (χ4n) is 2.62. The number of benzene rings is 1. The van der Waals surface area contributed by atoms with Gasteiger partial charge in [-0.3, -0.25) is 4.79 Å². The monoisotopic (exact) mass is 289 g/mol. The van der Waals surface area contributed by atoms with Crippen molar-refractivity contribution in [3.63, 3.8) is 0 Å². The van der Waals surface area contributed by atoms with Crippen LogP contribution in [0.15, 0.2) is 35.1 Å². The van der Waals surface area contributed by atoms with Gasteiger partial charge in [0, 0.05) is 11.8 Å². The molecule has 110 valence electrons. The van der Waals surface area contributed by atoms with E-state index in [2.05, 4.69) is 0 Å². The van der Waals surface area contributed by atoms with Gasteiger partial charge in [-0.25, -0.2) is 9.18 Å². The predicted molar refractivity (Wildman–Crippen MR) is 77.3 cm³/mol. The first kappa shape index (κ1) is 15.0. The van der Waals surface area contributed by atoms with Crippen LogP contribution >= 0.6 is 0 Å². The second-order valence-corrected chi connectivity index (χ2v) is 5.03. The van der Waals surface area contributed by atoms with Gasteiger partial charge in [0.2, 0.25) is 0 Å². The number of carboxylic acid groups (broad SMARTS) is 1. The topological polar surface area (TPSA) is 59.3 Å². The number of rotatable bonds is 3. The molecule has 1 heterocycles. The van der Waals surface area contributed by atoms with Crippen LogP contribution in [-0.4, -0.2) is 15.6 Å². The Morgan fingerprint density at radius 1 is 1.29 bits per heavy atom. The summed E-state index contributed by atoms with van der Waals surface area (Å²) in [5.74, 6) is -1.47. The SMILES string of the molecule is Cc1cc(=O)n(C(C)c2cccc(F)c2)c(C)c1C(=O)O. The highest BCUT2D eigenvalue weighted by Crippen LogP contribution is 2.21. The van der Waals surface area contributed by atoms with Gasteiger partial charge < -0.3 is 9.67 Å². The lowest BCUT2D eigenvalue weighted by Gasteiger charge is -2.21. The van der Waals surface area contributed by atoms with Crippen LogP contribution in [0.5, 0.6) is 0 Å². The zero-order valence-electron chi connectivity index (χ0n) is 12.1. The summed E-state index contributed by atoms with van der Waals surface area (Å²) in [6.45, 7) is 4.92. The molecule has 0 saturated heterocycles. The molecule has 0 aliphatic heterocycles. The van der Waals surface area contributed by atoms with Crippen LogP contribution in [0.25, 0.3) is 0 Å². The highest BCUT2D eigenvalue weighted by Gasteiger charge is 2.19. The Balaban J connectivity index is 2.66. The van der Waals surface area contributed by atoms with Gasteiger partial charge in [-0.15, -0.1) is 0 Å². The van der Waals surface area contributed by atoms with E-state index in [1.54, 1.807) is 32.9 Å². The molecule has 0 amide bonds. The summed E-state index contributed by atoms with van der Waals surface area (Å²) in [7, 11) is 0. The molecule has 2 aromatic rings. The lowest BCUT2D eigenvalue weighted by molar-refractivity contribution is 0.0694. The average molecular weight is 289 g/mol. The second-order valence-electron chi connectivity index (χ2n) is 5.03. The van der Waals surface area contributed by atoms with Crippen molar-refractivity contribution < 1.29 is 14.3 Å². The van der Waals surface area contributed by atoms with Crippen LogP contribution in [0, 0.1) is 19.7 Å². The highest BCUT2D eigenvalue weighted by atomic mass is 19.1. The standard InChI is InChI=1S/C16H16FNO3/c1-9-7-14(19)18(11(3)15(9)16(20)21)10(2)12-5-4-6-13(17)8-12/h4-8,10H,1-3H3,(H,20,21). The fraction of sp³-hybridized carbons (Fsp3) is 0.250. The van der Waals surface area contributed by atoms with Crippen molar-refractivity contribution in [2.24, 2.45) is 0 Å². The lowest BCUT2D eigenvalue weighted by atomic mass is 10.0. The Hall–Kier alpha value is -2.43. The van der Waals surface area contributed by atoms with Crippen LogP contribution in [-0.2, 0) is 0 Å². The van der Waals surface area contributed by atoms with Crippen LogP contribution in [0.1, 0.15) is 40.1 Å². The molecule has 0 aliphatic carbocycles. The lowest BCUT2D eigenvalue weighted by Crippen LogP contribution is -2.28. The Bertz CT molecular complexity index is 765. The number of aryl methyl sites for hydroxylation is 1. The third kappa shape index (κ3) is 2.72. The van der Waals surface area contributed by atoms with E-state index in [-0.39, 0.29) is 11.1 Å². The minimum atomic E-state index is -1.08. The van der Waals surface area contributed by atoms with E-state index in [0.717, 1.165) is 0 Å². The van der Waals surface area contributed by atoms with Gasteiger partial charge in [0.1, 0.15) is 5.82 Å². The van der Waals surface area contributed by atoms with Crippen LogP contribution in [0.4, 0.5) is 4.39 Å². The van der Waals surface area contributed by atoms with Gasteiger partial charge in [0.05, 0.1) is 11.6 Å². The molecule has 2 rings (SSSR count). The maximum absolute atomic E-state index is 13.3. The van der Waals surface area contributed by atoms with Gasteiger partial charge >= 0.3 is 5.97 Å². The summed E-state index contributed by atoms with van der Waals surface area (Å²) in [5, 5.41) is 9.28. The number of hydrogen-bond acceptors (Lipinski definition) is 2. The quantitative estimate of drug-likeness (QED) is 0.945. The van der Waals surface area contributed by atoms with Gasteiger partial charge in [-0.05, 0) is 44.0 Å². The van der Waals surface area contributed by atoms with E-state index in [1.807, 2.05) is 0 Å². The van der Waals surface area contributed by atoms with Crippen LogP contribution in [0.2, 0.25) is 0 Å². The zero-order chi connectivity index (χ0) is 15.7. The molecule has 0 radical (unpaired) electrons. The van der Waals surface area contributed by atoms with E-state index >= 15 is 0 Å². The van der Waals surface area contributed by atoms with Crippen molar-refractivity contribution in [3.8, 4) is 0 Å². The third-order valence-corrected chi connectivity index (χ3v) is 3.63. The van der Waals surface area contributed by atoms with Crippen molar-refractivity contribution >= 4 is 5.97 Å². The number of carbonyl (C=O) groups is 1. The summed E-state index contributed by atoms with van der Waals surface area (Å²) >= 11 is 0. The summed E-state index contributed by atoms with van der Waals surface area (Å²) in [6, 6.07) is 6.78. The summed E-state index contributed by atoms with van der Waals surface area (Å²) in [5.41, 5.74) is 1.21. The van der Waals surface area contributed by atoms with Crippen molar-refractivity contribution in [2.45, 2.75) is 26.8 Å². The predicted octanol–water partition coefficient (Wildman–Crippen LogP) is 2.91. The molecule has 1 aromatic heterocycles. The number of carboxylic acids is 1. The smallest absolute Gasteiger partial charge is 0.337 e. The maximum Gasteiger partial charge on any atom is 0.337 e. The van der Waals surface area contributed by atoms with Crippen molar-refractivity contribution in [1.82, 2.24) is 4.57 Å². The number of aromatic nitrogens is 1. The Morgan fingerprint density at radius 3 is 2.52 bits per heavy atom. The van der Waals surface area contributed by atoms with Crippen molar-refractivity contribution in [3.05, 3.63) is 68.9 Å². The van der Waals surface area contributed by atoms with Gasteiger partial charge in [0.15, 0.2) is 0 Å². The molecule has 0 fully saturated rings. The normalized spacial score (nSPS) is 12.2. The van der Waals surface area contributed by atoms with Crippen molar-refractivity contribution in [2.75, 3.05) is 0 Å². The van der Waals surface area contributed by atoms with Crippen molar-refractivity contribution in [1.29, 1.82) is 0 Å². The zero-order valence-corrected chi connectivity index (χ0v) is 12.1. The van der Waals surface area contributed by atoms with E-state index < -0.39 is 17.8 Å². The molecule has 0 saturated carbocycles. The van der Waals surface area contributed by atoms with Gasteiger partial charge in [-0.1, -0.05) is 12.1 Å². The molecular formula is C16H16FNO3. The van der Waals surface area contributed by atoms with E-state index in [4.69, 9.17) is 0 Å². The Kier molecular flexibility index (Phi) is 3.93. The Labute approximate surface area is 121 Å². The summed E-state index contributed by atoms with van der Waals surface area (Å²) in [4.78, 5) is 23.6. The van der Waals surface area contributed by atoms with Crippen LogP contribution < -0.4 is 5.56 Å². The first-order valence-electron chi connectivity index (χ1n) is 6.54. The molecule has 0 aliphatic rings. The van der Waals surface area contributed by atoms with E-state index in [0.29, 0.717) is 16.8 Å². The van der Waals surface area contributed by atoms with Gasteiger partial charge in [0.25, 0.3) is 5.56 Å². The average Bonchev–Trinajstić information content (AvgIpc) is 2.37. The largest absolute Gasteiger partial charge is 0.478 e. The van der Waals surface area contributed by atoms with Crippen LogP contribution in [0.3, 0.4) is 0 Å². The van der Waals surface area contributed by atoms with Gasteiger partial charge in [-0.2, -0.15) is 0 Å². The number of nitrogens with zero attached hydrogens (tertiary/aromatic N) is 1. The first-order chi connectivity index (χ1) is 9.82. The minimum Gasteiger partial charge on any atom is -0.478 e. The number of aromatic carboxylic acids is 1. The minimum absolute atomic E-state index is 0.109. The number of pyridine rings is 1. The highest BCUT2D eigenvalue weighted by molar-refractivity contribution is 5.90. The molecule has 1 aromatic carbocycles. The molecule has 1 atom stereocenters. The second kappa shape index (κ2) is 5.52. The number of halogens is 1. The van der Waals surface area contributed by atoms with E-state index in [1.165, 1.54) is 22.8 Å². The molecule has 21 heavy (non-hydrogen) atoms. The molecule has 0 bridgehead atoms. The Morgan fingerprint density at radius 2 is 1.95 bits per heavy atom. The first-order valence-corrected chi connectivity index (χ1v) is 6.54. The molecule has 1 N–H and O–H groups in total. The summed E-state index contributed by atoms with van der Waals surface area (Å²) in [6.07, 6.45) is 0. The molecule has 4 nitrogen and oxygen atoms in total. The molecule has 1 unspecified atom stereocenters. The molecule has 0 spiro atoms. The fourth-order valence-corrected chi connectivity index (χ4v) is 2.62. The summed E-state index contributed by atoms with van der Waals surface area (Å²) < 4.78 is 14.7. The molecular weight excluding hydrogens is 273 g/mol.